The molecule has 0 N–H and O–H groups in total. The van der Waals surface area contributed by atoms with Crippen LogP contribution in [-0.4, -0.2) is 11.7 Å². The number of nitroso groups, excluding NO2 is 1. The number of rotatable bonds is 10. The zero-order valence-corrected chi connectivity index (χ0v) is 14.1. The fourth-order valence-corrected chi connectivity index (χ4v) is 3.60. The number of allylic oxidation sites excluding steroid dienone is 3. The van der Waals surface area contributed by atoms with Gasteiger partial charge in [0.05, 0.1) is 0 Å². The van der Waals surface area contributed by atoms with Gasteiger partial charge in [-0.05, 0) is 37.9 Å². The van der Waals surface area contributed by atoms with Crippen molar-refractivity contribution in [2.45, 2.75) is 64.2 Å². The second kappa shape index (κ2) is 12.0. The highest BCUT2D eigenvalue weighted by atomic mass is 35.5. The first-order valence-corrected chi connectivity index (χ1v) is 9.14. The minimum atomic E-state index is -0.520. The summed E-state index contributed by atoms with van der Waals surface area (Å²) in [7, 11) is 0. The van der Waals surface area contributed by atoms with Crippen molar-refractivity contribution in [3.63, 3.8) is 0 Å². The van der Waals surface area contributed by atoms with Gasteiger partial charge in [0, 0.05) is 21.5 Å². The lowest BCUT2D eigenvalue weighted by Gasteiger charge is -2.05. The molecule has 0 saturated heterocycles. The van der Waals surface area contributed by atoms with Gasteiger partial charge in [-0.3, -0.25) is 4.79 Å². The van der Waals surface area contributed by atoms with Crippen LogP contribution in [0.3, 0.4) is 0 Å². The van der Waals surface area contributed by atoms with E-state index in [2.05, 4.69) is 17.3 Å². The van der Waals surface area contributed by atoms with E-state index in [-0.39, 0.29) is 0 Å². The zero-order chi connectivity index (χ0) is 15.3. The Hall–Kier alpha value is -0.610. The molecule has 0 saturated carbocycles. The van der Waals surface area contributed by atoms with E-state index in [9.17, 15) is 9.70 Å². The van der Waals surface area contributed by atoms with Gasteiger partial charge in [-0.1, -0.05) is 49.4 Å². The lowest BCUT2D eigenvalue weighted by atomic mass is 10.1. The lowest BCUT2D eigenvalue weighted by Crippen LogP contribution is -1.91. The van der Waals surface area contributed by atoms with Crippen LogP contribution in [-0.2, 0) is 4.79 Å². The smallest absolute Gasteiger partial charge is 0.269 e. The molecule has 1 aliphatic carbocycles. The maximum Gasteiger partial charge on any atom is 0.286 e. The van der Waals surface area contributed by atoms with Crippen LogP contribution < -0.4 is 0 Å². The summed E-state index contributed by atoms with van der Waals surface area (Å²) in [6, 6.07) is 0. The fourth-order valence-electron chi connectivity index (χ4n) is 2.22. The van der Waals surface area contributed by atoms with Crippen LogP contribution in [0.4, 0.5) is 0 Å². The molecule has 1 amide bonds. The van der Waals surface area contributed by atoms with Gasteiger partial charge < -0.3 is 0 Å². The predicted octanol–water partition coefficient (Wildman–Crippen LogP) is 5.93. The monoisotopic (exact) mass is 329 g/mol. The number of carbonyl (C=O) groups is 1. The Kier molecular flexibility index (Phi) is 10.5. The molecule has 0 unspecified atom stereocenters. The van der Waals surface area contributed by atoms with Crippen LogP contribution in [0, 0.1) is 4.91 Å². The molecule has 0 aromatic rings. The minimum Gasteiger partial charge on any atom is -0.269 e. The summed E-state index contributed by atoms with van der Waals surface area (Å²) in [6.07, 6.45) is 14.5. The van der Waals surface area contributed by atoms with Crippen molar-refractivity contribution in [2.75, 3.05) is 5.75 Å². The van der Waals surface area contributed by atoms with E-state index in [1.165, 1.54) is 24.2 Å². The Morgan fingerprint density at radius 3 is 2.67 bits per heavy atom. The summed E-state index contributed by atoms with van der Waals surface area (Å²) >= 11 is 8.14. The third kappa shape index (κ3) is 9.10. The number of thioether (sulfide) groups is 1. The number of hydrogen-bond acceptors (Lipinski definition) is 3. The molecule has 3 nitrogen and oxygen atoms in total. The van der Waals surface area contributed by atoms with Crippen LogP contribution in [0.25, 0.3) is 0 Å². The van der Waals surface area contributed by atoms with Crippen molar-refractivity contribution in [1.82, 2.24) is 0 Å². The normalized spacial score (nSPS) is 15.1. The van der Waals surface area contributed by atoms with E-state index in [4.69, 9.17) is 11.6 Å². The SMILES string of the molecule is O=NC(=O)CCCCCCCCSC1=C(Cl)CCCC=C1. The molecule has 0 aromatic carbocycles. The van der Waals surface area contributed by atoms with Crippen LogP contribution in [0.5, 0.6) is 0 Å². The van der Waals surface area contributed by atoms with E-state index in [0.29, 0.717) is 6.42 Å². The quantitative estimate of drug-likeness (QED) is 0.368. The molecule has 5 heteroatoms. The van der Waals surface area contributed by atoms with Gasteiger partial charge in [0.2, 0.25) is 0 Å². The molecule has 0 aromatic heterocycles. The summed E-state index contributed by atoms with van der Waals surface area (Å²) in [5.74, 6) is 0.594. The topological polar surface area (TPSA) is 46.5 Å². The van der Waals surface area contributed by atoms with E-state index in [1.807, 2.05) is 11.8 Å². The standard InChI is InChI=1S/C16H24ClNO2S/c17-14-10-6-5-7-11-15(14)21-13-9-4-2-1-3-8-12-16(19)18-20/h7,11H,1-6,8-10,12-13H2. The number of unbranched alkanes of at least 4 members (excludes halogenated alkanes) is 5. The van der Waals surface area contributed by atoms with E-state index in [0.717, 1.165) is 49.3 Å². The van der Waals surface area contributed by atoms with Crippen molar-refractivity contribution >= 4 is 29.3 Å². The first kappa shape index (κ1) is 18.4. The minimum absolute atomic E-state index is 0.304. The number of amides is 1. The Labute approximate surface area is 136 Å². The molecular weight excluding hydrogens is 306 g/mol. The Morgan fingerprint density at radius 2 is 1.90 bits per heavy atom. The second-order valence-electron chi connectivity index (χ2n) is 5.27. The van der Waals surface area contributed by atoms with Crippen molar-refractivity contribution in [2.24, 2.45) is 5.18 Å². The lowest BCUT2D eigenvalue weighted by molar-refractivity contribution is -0.118. The van der Waals surface area contributed by atoms with Gasteiger partial charge in [-0.15, -0.1) is 16.7 Å². The molecule has 0 aliphatic heterocycles. The summed E-state index contributed by atoms with van der Waals surface area (Å²) in [6.45, 7) is 0. The van der Waals surface area contributed by atoms with Gasteiger partial charge in [-0.2, -0.15) is 0 Å². The summed E-state index contributed by atoms with van der Waals surface area (Å²) < 4.78 is 0. The van der Waals surface area contributed by atoms with Crippen LogP contribution in [0.15, 0.2) is 27.3 Å². The molecule has 1 rings (SSSR count). The average Bonchev–Trinajstić information content (AvgIpc) is 2.70. The zero-order valence-electron chi connectivity index (χ0n) is 12.5. The Morgan fingerprint density at radius 1 is 1.19 bits per heavy atom. The molecule has 0 fully saturated rings. The largest absolute Gasteiger partial charge is 0.286 e. The van der Waals surface area contributed by atoms with E-state index < -0.39 is 5.91 Å². The van der Waals surface area contributed by atoms with Crippen LogP contribution >= 0.6 is 23.4 Å². The van der Waals surface area contributed by atoms with Crippen molar-refractivity contribution in [3.05, 3.63) is 27.0 Å². The Balaban J connectivity index is 1.97. The summed E-state index contributed by atoms with van der Waals surface area (Å²) in [4.78, 5) is 21.8. The molecule has 0 heterocycles. The highest BCUT2D eigenvalue weighted by Gasteiger charge is 2.05. The fraction of sp³-hybridized carbons (Fsp3) is 0.688. The van der Waals surface area contributed by atoms with Gasteiger partial charge >= 0.3 is 0 Å². The molecule has 0 atom stereocenters. The second-order valence-corrected chi connectivity index (χ2v) is 6.86. The van der Waals surface area contributed by atoms with Gasteiger partial charge in [0.15, 0.2) is 0 Å². The van der Waals surface area contributed by atoms with Gasteiger partial charge in [0.25, 0.3) is 5.91 Å². The van der Waals surface area contributed by atoms with E-state index >= 15 is 0 Å². The van der Waals surface area contributed by atoms with Crippen LogP contribution in [0.2, 0.25) is 0 Å². The summed E-state index contributed by atoms with van der Waals surface area (Å²) in [5, 5.41) is 3.41. The molecular formula is C16H24ClNO2S. The molecule has 0 bridgehead atoms. The average molecular weight is 330 g/mol. The number of carbonyl (C=O) groups excluding carboxylic acids is 1. The van der Waals surface area contributed by atoms with E-state index in [1.54, 1.807) is 0 Å². The van der Waals surface area contributed by atoms with Gasteiger partial charge in [-0.25, -0.2) is 0 Å². The predicted molar refractivity (Wildman–Crippen MR) is 91.4 cm³/mol. The highest BCUT2D eigenvalue weighted by molar-refractivity contribution is 8.03. The summed E-state index contributed by atoms with van der Waals surface area (Å²) in [5.41, 5.74) is 0. The highest BCUT2D eigenvalue weighted by Crippen LogP contribution is 2.30. The first-order chi connectivity index (χ1) is 10.2. The number of halogens is 1. The number of hydrogen-bond donors (Lipinski definition) is 0. The molecule has 118 valence electrons. The molecule has 1 aliphatic rings. The maximum atomic E-state index is 10.7. The third-order valence-corrected chi connectivity index (χ3v) is 5.14. The van der Waals surface area contributed by atoms with Crippen molar-refractivity contribution in [1.29, 1.82) is 0 Å². The molecule has 0 spiro atoms. The number of nitrogens with zero attached hydrogens (tertiary/aromatic N) is 1. The third-order valence-electron chi connectivity index (χ3n) is 3.45. The van der Waals surface area contributed by atoms with Crippen LogP contribution in [0.1, 0.15) is 64.2 Å². The molecule has 0 radical (unpaired) electrons. The first-order valence-electron chi connectivity index (χ1n) is 7.78. The van der Waals surface area contributed by atoms with Crippen molar-refractivity contribution < 1.29 is 4.79 Å². The molecule has 21 heavy (non-hydrogen) atoms. The van der Waals surface area contributed by atoms with Crippen molar-refractivity contribution in [3.8, 4) is 0 Å². The van der Waals surface area contributed by atoms with Gasteiger partial charge in [0.1, 0.15) is 0 Å². The maximum absolute atomic E-state index is 10.7. The Bertz CT molecular complexity index is 394.